The Morgan fingerprint density at radius 2 is 1.33 bits per heavy atom. The average Bonchev–Trinajstić information content (AvgIpc) is 2.80. The zero-order valence-electron chi connectivity index (χ0n) is 22.0. The number of rotatable bonds is 26. The molecule has 6 nitrogen and oxygen atoms in total. The van der Waals surface area contributed by atoms with Gasteiger partial charge in [0.15, 0.2) is 0 Å². The largest absolute Gasteiger partial charge is 0.472 e. The first-order valence-electron chi connectivity index (χ1n) is 13.9. The van der Waals surface area contributed by atoms with Gasteiger partial charge in [0, 0.05) is 19.3 Å². The van der Waals surface area contributed by atoms with Crippen LogP contribution in [0.15, 0.2) is 0 Å². The molecule has 2 unspecified atom stereocenters. The molecule has 0 aliphatic carbocycles. The van der Waals surface area contributed by atoms with Crippen LogP contribution >= 0.6 is 7.82 Å². The van der Waals surface area contributed by atoms with Gasteiger partial charge < -0.3 is 10.2 Å². The number of carbonyl (C=O) groups is 1. The smallest absolute Gasteiger partial charge is 0.349 e. The second-order valence-electron chi connectivity index (χ2n) is 9.50. The molecule has 0 saturated carbocycles. The lowest BCUT2D eigenvalue weighted by Gasteiger charge is -2.18. The number of hydrogen-bond donors (Lipinski definition) is 2. The van der Waals surface area contributed by atoms with Crippen molar-refractivity contribution in [1.82, 2.24) is 0 Å². The van der Waals surface area contributed by atoms with Crippen LogP contribution in [0.25, 0.3) is 0 Å². The summed E-state index contributed by atoms with van der Waals surface area (Å²) in [6.45, 7) is 5.28. The molecular weight excluding hydrogens is 437 g/mol. The van der Waals surface area contributed by atoms with Crippen molar-refractivity contribution in [2.24, 2.45) is 5.92 Å². The SMILES string of the molecule is CCCCCCCCCCCCCCCCC(COP(=O)(O)OCCC[NH2+]C)CC(=O)CC. The van der Waals surface area contributed by atoms with Gasteiger partial charge in [-0.15, -0.1) is 0 Å². The van der Waals surface area contributed by atoms with Crippen molar-refractivity contribution in [2.45, 2.75) is 129 Å². The van der Waals surface area contributed by atoms with E-state index >= 15 is 0 Å². The Labute approximate surface area is 204 Å². The lowest BCUT2D eigenvalue weighted by molar-refractivity contribution is -0.627. The summed E-state index contributed by atoms with van der Waals surface area (Å²) in [5.74, 6) is 0.170. The van der Waals surface area contributed by atoms with Crippen molar-refractivity contribution in [1.29, 1.82) is 0 Å². The maximum absolute atomic E-state index is 12.1. The van der Waals surface area contributed by atoms with Crippen molar-refractivity contribution in [3.63, 3.8) is 0 Å². The Kier molecular flexibility index (Phi) is 23.3. The second-order valence-corrected chi connectivity index (χ2v) is 10.9. The first kappa shape index (κ1) is 32.7. The van der Waals surface area contributed by atoms with E-state index in [1.165, 1.54) is 77.0 Å². The molecule has 0 saturated heterocycles. The molecule has 0 aromatic rings. The monoisotopic (exact) mass is 492 g/mol. The molecule has 0 fully saturated rings. The van der Waals surface area contributed by atoms with E-state index in [1.54, 1.807) is 0 Å². The van der Waals surface area contributed by atoms with E-state index in [2.05, 4.69) is 6.92 Å². The van der Waals surface area contributed by atoms with E-state index in [9.17, 15) is 14.3 Å². The van der Waals surface area contributed by atoms with Crippen molar-refractivity contribution in [3.8, 4) is 0 Å². The van der Waals surface area contributed by atoms with Crippen LogP contribution in [0, 0.1) is 5.92 Å². The van der Waals surface area contributed by atoms with Gasteiger partial charge in [0.05, 0.1) is 26.8 Å². The van der Waals surface area contributed by atoms with Gasteiger partial charge in [-0.25, -0.2) is 4.57 Å². The van der Waals surface area contributed by atoms with Crippen LogP contribution in [-0.4, -0.2) is 37.5 Å². The Bertz CT molecular complexity index is 489. The van der Waals surface area contributed by atoms with Crippen LogP contribution in [0.2, 0.25) is 0 Å². The molecular formula is C26H55NO5P+. The number of ketones is 1. The Balaban J connectivity index is 3.87. The number of hydrogen-bond acceptors (Lipinski definition) is 4. The molecule has 0 rings (SSSR count). The number of carbonyl (C=O) groups excluding carboxylic acids is 1. The number of nitrogens with two attached hydrogens (primary N) is 1. The minimum absolute atomic E-state index is 0.0113. The maximum atomic E-state index is 12.1. The number of phosphoric acid groups is 1. The van der Waals surface area contributed by atoms with E-state index in [4.69, 9.17) is 9.05 Å². The van der Waals surface area contributed by atoms with E-state index in [-0.39, 0.29) is 24.9 Å². The molecule has 198 valence electrons. The molecule has 0 aliphatic rings. The van der Waals surface area contributed by atoms with Crippen LogP contribution in [0.4, 0.5) is 0 Å². The lowest BCUT2D eigenvalue weighted by Crippen LogP contribution is -2.79. The zero-order valence-corrected chi connectivity index (χ0v) is 22.9. The van der Waals surface area contributed by atoms with Gasteiger partial charge in [0.1, 0.15) is 5.78 Å². The van der Waals surface area contributed by atoms with Gasteiger partial charge in [-0.1, -0.05) is 104 Å². The summed E-state index contributed by atoms with van der Waals surface area (Å²) < 4.78 is 22.3. The molecule has 0 aromatic heterocycles. The second kappa shape index (κ2) is 23.5. The van der Waals surface area contributed by atoms with Crippen molar-refractivity contribution in [2.75, 3.05) is 26.8 Å². The summed E-state index contributed by atoms with van der Waals surface area (Å²) in [4.78, 5) is 21.8. The Hall–Kier alpha value is -0.260. The highest BCUT2D eigenvalue weighted by atomic mass is 31.2. The summed E-state index contributed by atoms with van der Waals surface area (Å²) in [5.41, 5.74) is 0. The fraction of sp³-hybridized carbons (Fsp3) is 0.962. The molecule has 0 aromatic carbocycles. The van der Waals surface area contributed by atoms with Gasteiger partial charge >= 0.3 is 7.82 Å². The highest BCUT2D eigenvalue weighted by molar-refractivity contribution is 7.47. The van der Waals surface area contributed by atoms with Crippen LogP contribution in [-0.2, 0) is 18.4 Å². The number of Topliss-reactive ketones (excluding diaryl/α,β-unsaturated/α-hetero) is 1. The highest BCUT2D eigenvalue weighted by Crippen LogP contribution is 2.44. The molecule has 33 heavy (non-hydrogen) atoms. The van der Waals surface area contributed by atoms with Gasteiger partial charge in [0.2, 0.25) is 0 Å². The van der Waals surface area contributed by atoms with Crippen molar-refractivity contribution < 1.29 is 28.6 Å². The summed E-state index contributed by atoms with van der Waals surface area (Å²) >= 11 is 0. The minimum atomic E-state index is -4.04. The predicted molar refractivity (Wildman–Crippen MR) is 137 cm³/mol. The number of phosphoric ester groups is 1. The molecule has 0 spiro atoms. The zero-order chi connectivity index (χ0) is 24.6. The summed E-state index contributed by atoms with van der Waals surface area (Å²) in [5, 5.41) is 2.00. The number of unbranched alkanes of at least 4 members (excludes halogenated alkanes) is 13. The first-order valence-corrected chi connectivity index (χ1v) is 15.4. The van der Waals surface area contributed by atoms with Gasteiger partial charge in [-0.3, -0.25) is 13.8 Å². The third-order valence-electron chi connectivity index (χ3n) is 6.24. The van der Waals surface area contributed by atoms with Crippen LogP contribution in [0.3, 0.4) is 0 Å². The average molecular weight is 493 g/mol. The minimum Gasteiger partial charge on any atom is -0.349 e. The summed E-state index contributed by atoms with van der Waals surface area (Å²) in [6, 6.07) is 0. The Morgan fingerprint density at radius 1 is 0.818 bits per heavy atom. The Morgan fingerprint density at radius 3 is 1.82 bits per heavy atom. The molecule has 0 amide bonds. The van der Waals surface area contributed by atoms with Gasteiger partial charge in [-0.2, -0.15) is 0 Å². The number of quaternary nitrogens is 1. The molecule has 0 heterocycles. The molecule has 0 radical (unpaired) electrons. The summed E-state index contributed by atoms with van der Waals surface area (Å²) in [7, 11) is -2.09. The first-order chi connectivity index (χ1) is 15.9. The van der Waals surface area contributed by atoms with Gasteiger partial charge in [-0.05, 0) is 12.3 Å². The lowest BCUT2D eigenvalue weighted by atomic mass is 9.95. The molecule has 7 heteroatoms. The third kappa shape index (κ3) is 23.3. The standard InChI is InChI=1S/C26H54NO5P/c1-4-6-7-8-9-10-11-12-13-14-15-16-17-18-20-25(23-26(28)5-2)24-32-33(29,30)31-22-19-21-27-3/h25,27H,4-24H2,1-3H3,(H,29,30)/p+1. The van der Waals surface area contributed by atoms with E-state index in [1.807, 2.05) is 19.3 Å². The van der Waals surface area contributed by atoms with Crippen LogP contribution in [0.5, 0.6) is 0 Å². The van der Waals surface area contributed by atoms with Crippen molar-refractivity contribution >= 4 is 13.6 Å². The highest BCUT2D eigenvalue weighted by Gasteiger charge is 2.24. The van der Waals surface area contributed by atoms with E-state index in [0.29, 0.717) is 19.3 Å². The molecule has 2 atom stereocenters. The molecule has 0 bridgehead atoms. The van der Waals surface area contributed by atoms with Crippen molar-refractivity contribution in [3.05, 3.63) is 0 Å². The van der Waals surface area contributed by atoms with Crippen LogP contribution in [0.1, 0.15) is 129 Å². The fourth-order valence-electron chi connectivity index (χ4n) is 4.04. The topological polar surface area (TPSA) is 89.4 Å². The van der Waals surface area contributed by atoms with Crippen LogP contribution < -0.4 is 5.32 Å². The molecule has 0 aliphatic heterocycles. The normalized spacial score (nSPS) is 14.3. The van der Waals surface area contributed by atoms with Gasteiger partial charge in [0.25, 0.3) is 0 Å². The predicted octanol–water partition coefficient (Wildman–Crippen LogP) is 6.56. The summed E-state index contributed by atoms with van der Waals surface area (Å²) in [6.07, 6.45) is 20.9. The van der Waals surface area contributed by atoms with E-state index < -0.39 is 7.82 Å². The van der Waals surface area contributed by atoms with E-state index in [0.717, 1.165) is 25.8 Å². The molecule has 3 N–H and O–H groups in total. The quantitative estimate of drug-likeness (QED) is 0.105. The third-order valence-corrected chi connectivity index (χ3v) is 7.23. The fourth-order valence-corrected chi connectivity index (χ4v) is 4.88. The maximum Gasteiger partial charge on any atom is 0.472 e.